The molecule has 1 heterocycles. The summed E-state index contributed by atoms with van der Waals surface area (Å²) < 4.78 is 1.82. The SMILES string of the molecule is Cc1ccn(-c2ccc([C@H](C)O)cc2)n1. The summed E-state index contributed by atoms with van der Waals surface area (Å²) in [6, 6.07) is 9.69. The Bertz CT molecular complexity index is 443. The predicted molar refractivity (Wildman–Crippen MR) is 58.9 cm³/mol. The van der Waals surface area contributed by atoms with Gasteiger partial charge in [-0.25, -0.2) is 4.68 Å². The largest absolute Gasteiger partial charge is 0.389 e. The van der Waals surface area contributed by atoms with E-state index in [9.17, 15) is 5.11 Å². The smallest absolute Gasteiger partial charge is 0.0761 e. The van der Waals surface area contributed by atoms with Crippen LogP contribution in [0.5, 0.6) is 0 Å². The van der Waals surface area contributed by atoms with Gasteiger partial charge in [0.05, 0.1) is 17.5 Å². The summed E-state index contributed by atoms with van der Waals surface area (Å²) in [4.78, 5) is 0. The summed E-state index contributed by atoms with van der Waals surface area (Å²) in [5.74, 6) is 0. The molecule has 78 valence electrons. The summed E-state index contributed by atoms with van der Waals surface area (Å²) >= 11 is 0. The van der Waals surface area contributed by atoms with Crippen molar-refractivity contribution in [3.8, 4) is 5.69 Å². The van der Waals surface area contributed by atoms with E-state index in [0.29, 0.717) is 0 Å². The molecule has 0 saturated carbocycles. The Hall–Kier alpha value is -1.61. The first-order valence-corrected chi connectivity index (χ1v) is 4.97. The zero-order valence-corrected chi connectivity index (χ0v) is 8.88. The lowest BCUT2D eigenvalue weighted by molar-refractivity contribution is 0.199. The quantitative estimate of drug-likeness (QED) is 0.811. The van der Waals surface area contributed by atoms with Crippen molar-refractivity contribution in [2.45, 2.75) is 20.0 Å². The van der Waals surface area contributed by atoms with Gasteiger partial charge in [0.15, 0.2) is 0 Å². The molecule has 2 rings (SSSR count). The molecule has 0 fully saturated rings. The molecule has 0 aliphatic carbocycles. The maximum Gasteiger partial charge on any atom is 0.0761 e. The van der Waals surface area contributed by atoms with Crippen molar-refractivity contribution in [1.82, 2.24) is 9.78 Å². The van der Waals surface area contributed by atoms with Crippen LogP contribution in [0.25, 0.3) is 5.69 Å². The molecule has 3 heteroatoms. The maximum atomic E-state index is 9.37. The molecular formula is C12H14N2O. The summed E-state index contributed by atoms with van der Waals surface area (Å²) in [7, 11) is 0. The Labute approximate surface area is 89.0 Å². The zero-order valence-electron chi connectivity index (χ0n) is 8.88. The van der Waals surface area contributed by atoms with Crippen LogP contribution in [-0.4, -0.2) is 14.9 Å². The van der Waals surface area contributed by atoms with E-state index >= 15 is 0 Å². The fourth-order valence-electron chi connectivity index (χ4n) is 1.46. The molecule has 0 radical (unpaired) electrons. The first kappa shape index (κ1) is 9.93. The highest BCUT2D eigenvalue weighted by atomic mass is 16.3. The van der Waals surface area contributed by atoms with Crippen LogP contribution >= 0.6 is 0 Å². The molecule has 1 aromatic heterocycles. The van der Waals surface area contributed by atoms with E-state index in [2.05, 4.69) is 5.10 Å². The van der Waals surface area contributed by atoms with Crippen molar-refractivity contribution in [2.24, 2.45) is 0 Å². The van der Waals surface area contributed by atoms with Crippen LogP contribution in [-0.2, 0) is 0 Å². The average Bonchev–Trinajstić information content (AvgIpc) is 2.65. The van der Waals surface area contributed by atoms with Crippen molar-refractivity contribution in [2.75, 3.05) is 0 Å². The van der Waals surface area contributed by atoms with Gasteiger partial charge in [0, 0.05) is 6.20 Å². The van der Waals surface area contributed by atoms with Gasteiger partial charge in [-0.1, -0.05) is 12.1 Å². The first-order valence-electron chi connectivity index (χ1n) is 4.97. The molecule has 1 N–H and O–H groups in total. The van der Waals surface area contributed by atoms with Crippen LogP contribution in [0, 0.1) is 6.92 Å². The monoisotopic (exact) mass is 202 g/mol. The third-order valence-corrected chi connectivity index (χ3v) is 2.36. The van der Waals surface area contributed by atoms with Gasteiger partial charge < -0.3 is 5.11 Å². The van der Waals surface area contributed by atoms with Crippen LogP contribution < -0.4 is 0 Å². The van der Waals surface area contributed by atoms with Crippen molar-refractivity contribution in [3.05, 3.63) is 47.8 Å². The minimum atomic E-state index is -0.418. The Morgan fingerprint density at radius 1 is 1.20 bits per heavy atom. The fourth-order valence-corrected chi connectivity index (χ4v) is 1.46. The molecule has 15 heavy (non-hydrogen) atoms. The topological polar surface area (TPSA) is 38.0 Å². The molecule has 1 aromatic carbocycles. The van der Waals surface area contributed by atoms with Crippen LogP contribution in [0.3, 0.4) is 0 Å². The van der Waals surface area contributed by atoms with Gasteiger partial charge in [0.1, 0.15) is 0 Å². The number of aryl methyl sites for hydroxylation is 1. The minimum Gasteiger partial charge on any atom is -0.389 e. The fraction of sp³-hybridized carbons (Fsp3) is 0.250. The van der Waals surface area contributed by atoms with Gasteiger partial charge in [-0.15, -0.1) is 0 Å². The Balaban J connectivity index is 2.31. The van der Waals surface area contributed by atoms with Crippen LogP contribution in [0.1, 0.15) is 24.3 Å². The highest BCUT2D eigenvalue weighted by Gasteiger charge is 2.01. The molecule has 0 aliphatic heterocycles. The number of benzene rings is 1. The van der Waals surface area contributed by atoms with E-state index in [4.69, 9.17) is 0 Å². The normalized spacial score (nSPS) is 12.7. The predicted octanol–water partition coefficient (Wildman–Crippen LogP) is 2.23. The van der Waals surface area contributed by atoms with Crippen molar-refractivity contribution >= 4 is 0 Å². The molecule has 0 unspecified atom stereocenters. The molecule has 0 saturated heterocycles. The van der Waals surface area contributed by atoms with Gasteiger partial charge in [-0.2, -0.15) is 5.10 Å². The summed E-state index contributed by atoms with van der Waals surface area (Å²) in [5, 5.41) is 13.7. The van der Waals surface area contributed by atoms with Crippen molar-refractivity contribution in [3.63, 3.8) is 0 Å². The second-order valence-electron chi connectivity index (χ2n) is 3.67. The third-order valence-electron chi connectivity index (χ3n) is 2.36. The highest BCUT2D eigenvalue weighted by Crippen LogP contribution is 2.14. The Morgan fingerprint density at radius 3 is 2.33 bits per heavy atom. The van der Waals surface area contributed by atoms with Crippen LogP contribution in [0.15, 0.2) is 36.5 Å². The molecule has 2 aromatic rings. The second-order valence-corrected chi connectivity index (χ2v) is 3.67. The number of aromatic nitrogens is 2. The molecular weight excluding hydrogens is 188 g/mol. The van der Waals surface area contributed by atoms with Crippen LogP contribution in [0.2, 0.25) is 0 Å². The number of aliphatic hydroxyl groups is 1. The maximum absolute atomic E-state index is 9.37. The molecule has 0 amide bonds. The average molecular weight is 202 g/mol. The summed E-state index contributed by atoms with van der Waals surface area (Å²) in [6.07, 6.45) is 1.51. The van der Waals surface area contributed by atoms with E-state index in [-0.39, 0.29) is 0 Å². The highest BCUT2D eigenvalue weighted by molar-refractivity contribution is 5.34. The van der Waals surface area contributed by atoms with Gasteiger partial charge in [-0.05, 0) is 37.6 Å². The second kappa shape index (κ2) is 3.87. The molecule has 0 bridgehead atoms. The first-order chi connectivity index (χ1) is 7.16. The van der Waals surface area contributed by atoms with Gasteiger partial charge in [-0.3, -0.25) is 0 Å². The van der Waals surface area contributed by atoms with Gasteiger partial charge >= 0.3 is 0 Å². The van der Waals surface area contributed by atoms with E-state index < -0.39 is 6.10 Å². The number of nitrogens with zero attached hydrogens (tertiary/aromatic N) is 2. The Morgan fingerprint density at radius 2 is 1.87 bits per heavy atom. The van der Waals surface area contributed by atoms with Gasteiger partial charge in [0.2, 0.25) is 0 Å². The van der Waals surface area contributed by atoms with Crippen molar-refractivity contribution < 1.29 is 5.11 Å². The molecule has 0 spiro atoms. The lowest BCUT2D eigenvalue weighted by Gasteiger charge is -2.06. The number of hydrogen-bond acceptors (Lipinski definition) is 2. The minimum absolute atomic E-state index is 0.418. The third kappa shape index (κ3) is 2.07. The van der Waals surface area contributed by atoms with E-state index in [1.165, 1.54) is 0 Å². The lowest BCUT2D eigenvalue weighted by atomic mass is 10.1. The molecule has 3 nitrogen and oxygen atoms in total. The van der Waals surface area contributed by atoms with Crippen molar-refractivity contribution in [1.29, 1.82) is 0 Å². The lowest BCUT2D eigenvalue weighted by Crippen LogP contribution is -1.96. The number of hydrogen-bond donors (Lipinski definition) is 1. The molecule has 1 atom stereocenters. The summed E-state index contributed by atoms with van der Waals surface area (Å²) in [6.45, 7) is 3.72. The van der Waals surface area contributed by atoms with Crippen LogP contribution in [0.4, 0.5) is 0 Å². The molecule has 0 aliphatic rings. The van der Waals surface area contributed by atoms with E-state index in [1.807, 2.05) is 48.1 Å². The number of aliphatic hydroxyl groups excluding tert-OH is 1. The standard InChI is InChI=1S/C12H14N2O/c1-9-7-8-14(13-9)12-5-3-11(4-6-12)10(2)15/h3-8,10,15H,1-2H3/t10-/m0/s1. The van der Waals surface area contributed by atoms with E-state index in [1.54, 1.807) is 6.92 Å². The zero-order chi connectivity index (χ0) is 10.8. The summed E-state index contributed by atoms with van der Waals surface area (Å²) in [5.41, 5.74) is 2.92. The Kier molecular flexibility index (Phi) is 2.56. The number of rotatable bonds is 2. The van der Waals surface area contributed by atoms with Gasteiger partial charge in [0.25, 0.3) is 0 Å². The van der Waals surface area contributed by atoms with E-state index in [0.717, 1.165) is 16.9 Å².